The summed E-state index contributed by atoms with van der Waals surface area (Å²) >= 11 is 0. The van der Waals surface area contributed by atoms with Crippen LogP contribution in [0.2, 0.25) is 0 Å². The van der Waals surface area contributed by atoms with Gasteiger partial charge in [0.2, 0.25) is 5.43 Å². The van der Waals surface area contributed by atoms with Crippen LogP contribution in [-0.2, 0) is 6.54 Å². The third kappa shape index (κ3) is 2.64. The Morgan fingerprint density at radius 2 is 1.75 bits per heavy atom. The van der Waals surface area contributed by atoms with Gasteiger partial charge in [0.15, 0.2) is 0 Å². The lowest BCUT2D eigenvalue weighted by Gasteiger charge is -2.13. The van der Waals surface area contributed by atoms with Crippen molar-refractivity contribution < 1.29 is 23.1 Å². The first-order valence-corrected chi connectivity index (χ1v) is 6.87. The van der Waals surface area contributed by atoms with E-state index in [0.29, 0.717) is 0 Å². The second kappa shape index (κ2) is 5.84. The van der Waals surface area contributed by atoms with Crippen LogP contribution in [0.3, 0.4) is 0 Å². The number of aromatic nitrogens is 1. The van der Waals surface area contributed by atoms with Crippen LogP contribution in [0.15, 0.2) is 47.4 Å². The Morgan fingerprint density at radius 3 is 2.38 bits per heavy atom. The summed E-state index contributed by atoms with van der Waals surface area (Å²) in [5, 5.41) is 8.96. The predicted molar refractivity (Wildman–Crippen MR) is 80.6 cm³/mol. The molecule has 0 unspecified atom stereocenters. The summed E-state index contributed by atoms with van der Waals surface area (Å²) < 4.78 is 42.3. The Bertz CT molecular complexity index is 1010. The molecule has 0 saturated heterocycles. The molecule has 7 heteroatoms. The zero-order chi connectivity index (χ0) is 17.4. The molecule has 3 aromatic rings. The van der Waals surface area contributed by atoms with Gasteiger partial charge in [-0.05, 0) is 30.3 Å². The second-order valence-electron chi connectivity index (χ2n) is 5.17. The number of carbonyl (C=O) groups is 1. The van der Waals surface area contributed by atoms with Crippen molar-refractivity contribution in [3.8, 4) is 0 Å². The Balaban J connectivity index is 2.29. The molecule has 0 bridgehead atoms. The van der Waals surface area contributed by atoms with Crippen LogP contribution in [0, 0.1) is 17.5 Å². The monoisotopic (exact) mass is 333 g/mol. The summed E-state index contributed by atoms with van der Waals surface area (Å²) in [5.41, 5.74) is -1.58. The molecule has 0 spiro atoms. The van der Waals surface area contributed by atoms with Crippen LogP contribution in [-0.4, -0.2) is 15.6 Å². The molecular formula is C17H10F3NO3. The standard InChI is InChI=1S/C17H10F3NO3/c18-9-4-5-15-10(6-9)16(22)12(17(23)24)8-21(15)7-11-13(19)2-1-3-14(11)20/h1-6,8H,7H2,(H,23,24). The number of carboxylic acid groups (broad SMARTS) is 1. The molecule has 2 aromatic carbocycles. The average Bonchev–Trinajstić information content (AvgIpc) is 2.53. The Morgan fingerprint density at radius 1 is 1.08 bits per heavy atom. The smallest absolute Gasteiger partial charge is 0.341 e. The highest BCUT2D eigenvalue weighted by Gasteiger charge is 2.17. The maximum Gasteiger partial charge on any atom is 0.341 e. The van der Waals surface area contributed by atoms with Gasteiger partial charge in [-0.15, -0.1) is 0 Å². The molecule has 0 aliphatic heterocycles. The number of hydrogen-bond acceptors (Lipinski definition) is 2. The number of fused-ring (bicyclic) bond motifs is 1. The van der Waals surface area contributed by atoms with Crippen LogP contribution < -0.4 is 5.43 Å². The van der Waals surface area contributed by atoms with Crippen molar-refractivity contribution >= 4 is 16.9 Å². The molecule has 0 aliphatic rings. The molecule has 0 atom stereocenters. The number of aromatic carboxylic acids is 1. The van der Waals surface area contributed by atoms with E-state index in [9.17, 15) is 22.8 Å². The van der Waals surface area contributed by atoms with Crippen molar-refractivity contribution in [1.29, 1.82) is 0 Å². The molecule has 0 radical (unpaired) electrons. The van der Waals surface area contributed by atoms with Gasteiger partial charge in [0.1, 0.15) is 23.0 Å². The normalized spacial score (nSPS) is 11.0. The number of benzene rings is 2. The number of halogens is 3. The highest BCUT2D eigenvalue weighted by atomic mass is 19.1. The summed E-state index contributed by atoms with van der Waals surface area (Å²) in [4.78, 5) is 23.4. The summed E-state index contributed by atoms with van der Waals surface area (Å²) in [6.45, 7) is -0.346. The number of carboxylic acids is 1. The fourth-order valence-corrected chi connectivity index (χ4v) is 2.51. The zero-order valence-electron chi connectivity index (χ0n) is 12.1. The quantitative estimate of drug-likeness (QED) is 0.801. The third-order valence-electron chi connectivity index (χ3n) is 3.66. The van der Waals surface area contributed by atoms with E-state index in [1.165, 1.54) is 16.7 Å². The molecule has 1 heterocycles. The van der Waals surface area contributed by atoms with Gasteiger partial charge in [-0.1, -0.05) is 6.07 Å². The lowest BCUT2D eigenvalue weighted by molar-refractivity contribution is 0.0695. The van der Waals surface area contributed by atoms with Crippen molar-refractivity contribution in [2.24, 2.45) is 0 Å². The van der Waals surface area contributed by atoms with E-state index in [4.69, 9.17) is 5.11 Å². The Hall–Kier alpha value is -3.09. The summed E-state index contributed by atoms with van der Waals surface area (Å²) in [7, 11) is 0. The predicted octanol–water partition coefficient (Wildman–Crippen LogP) is 3.17. The number of hydrogen-bond donors (Lipinski definition) is 1. The van der Waals surface area contributed by atoms with Crippen LogP contribution >= 0.6 is 0 Å². The SMILES string of the molecule is O=C(O)c1cn(Cc2c(F)cccc2F)c2ccc(F)cc2c1=O. The van der Waals surface area contributed by atoms with Crippen LogP contribution in [0.4, 0.5) is 13.2 Å². The fraction of sp³-hybridized carbons (Fsp3) is 0.0588. The first-order chi connectivity index (χ1) is 11.4. The number of rotatable bonds is 3. The van der Waals surface area contributed by atoms with Crippen molar-refractivity contribution in [3.05, 3.63) is 81.4 Å². The van der Waals surface area contributed by atoms with Crippen molar-refractivity contribution in [2.45, 2.75) is 6.54 Å². The minimum atomic E-state index is -1.51. The number of pyridine rings is 1. The Labute approximate surface area is 133 Å². The highest BCUT2D eigenvalue weighted by molar-refractivity contribution is 5.92. The Kier molecular flexibility index (Phi) is 3.84. The van der Waals surface area contributed by atoms with Gasteiger partial charge < -0.3 is 9.67 Å². The van der Waals surface area contributed by atoms with Crippen LogP contribution in [0.1, 0.15) is 15.9 Å². The summed E-state index contributed by atoms with van der Waals surface area (Å²) in [6.07, 6.45) is 0.997. The molecule has 1 N–H and O–H groups in total. The molecule has 3 rings (SSSR count). The van der Waals surface area contributed by atoms with Crippen LogP contribution in [0.5, 0.6) is 0 Å². The number of nitrogens with zero attached hydrogens (tertiary/aromatic N) is 1. The van der Waals surface area contributed by atoms with Gasteiger partial charge in [-0.3, -0.25) is 4.79 Å². The molecular weight excluding hydrogens is 323 g/mol. The minimum Gasteiger partial charge on any atom is -0.477 e. The molecule has 1 aromatic heterocycles. The largest absolute Gasteiger partial charge is 0.477 e. The summed E-state index contributed by atoms with van der Waals surface area (Å²) in [6, 6.07) is 6.59. The van der Waals surface area contributed by atoms with E-state index in [1.807, 2.05) is 0 Å². The van der Waals surface area contributed by atoms with Gasteiger partial charge in [-0.2, -0.15) is 0 Å². The van der Waals surface area contributed by atoms with E-state index in [2.05, 4.69) is 0 Å². The maximum atomic E-state index is 13.8. The van der Waals surface area contributed by atoms with Crippen LogP contribution in [0.25, 0.3) is 10.9 Å². The zero-order valence-corrected chi connectivity index (χ0v) is 12.1. The lowest BCUT2D eigenvalue weighted by Crippen LogP contribution is -2.20. The van der Waals surface area contributed by atoms with Gasteiger partial charge >= 0.3 is 5.97 Å². The van der Waals surface area contributed by atoms with E-state index in [1.54, 1.807) is 0 Å². The van der Waals surface area contributed by atoms with Gasteiger partial charge in [0, 0.05) is 17.1 Å². The first-order valence-electron chi connectivity index (χ1n) is 6.87. The van der Waals surface area contributed by atoms with Gasteiger partial charge in [-0.25, -0.2) is 18.0 Å². The van der Waals surface area contributed by atoms with Gasteiger partial charge in [0.05, 0.1) is 12.1 Å². The van der Waals surface area contributed by atoms with Gasteiger partial charge in [0.25, 0.3) is 0 Å². The molecule has 24 heavy (non-hydrogen) atoms. The molecule has 0 aliphatic carbocycles. The minimum absolute atomic E-state index is 0.174. The molecule has 0 fully saturated rings. The summed E-state index contributed by atoms with van der Waals surface area (Å²) in [5.74, 6) is -3.83. The first kappa shape index (κ1) is 15.8. The molecule has 0 saturated carbocycles. The highest BCUT2D eigenvalue weighted by Crippen LogP contribution is 2.19. The third-order valence-corrected chi connectivity index (χ3v) is 3.66. The van der Waals surface area contributed by atoms with Crippen molar-refractivity contribution in [2.75, 3.05) is 0 Å². The fourth-order valence-electron chi connectivity index (χ4n) is 2.51. The van der Waals surface area contributed by atoms with Crippen molar-refractivity contribution in [1.82, 2.24) is 4.57 Å². The second-order valence-corrected chi connectivity index (χ2v) is 5.17. The molecule has 122 valence electrons. The van der Waals surface area contributed by atoms with E-state index >= 15 is 0 Å². The molecule has 0 amide bonds. The maximum absolute atomic E-state index is 13.8. The van der Waals surface area contributed by atoms with E-state index < -0.39 is 34.4 Å². The van der Waals surface area contributed by atoms with E-state index in [-0.39, 0.29) is 23.0 Å². The lowest BCUT2D eigenvalue weighted by atomic mass is 10.1. The average molecular weight is 333 g/mol. The van der Waals surface area contributed by atoms with Crippen molar-refractivity contribution in [3.63, 3.8) is 0 Å². The van der Waals surface area contributed by atoms with E-state index in [0.717, 1.165) is 30.5 Å². The topological polar surface area (TPSA) is 59.3 Å². The molecule has 4 nitrogen and oxygen atoms in total.